The van der Waals surface area contributed by atoms with E-state index in [1.807, 2.05) is 11.3 Å². The molecule has 0 fully saturated rings. The first-order valence-corrected chi connectivity index (χ1v) is 11.3. The van der Waals surface area contributed by atoms with Crippen LogP contribution in [0.5, 0.6) is 0 Å². The predicted octanol–water partition coefficient (Wildman–Crippen LogP) is 3.17. The van der Waals surface area contributed by atoms with Gasteiger partial charge in [0.1, 0.15) is 0 Å². The first kappa shape index (κ1) is 14.8. The minimum absolute atomic E-state index is 0.192. The quantitative estimate of drug-likeness (QED) is 0.462. The molecule has 2 aromatic carbocycles. The Morgan fingerprint density at radius 1 is 1.10 bits per heavy atom. The van der Waals surface area contributed by atoms with E-state index in [0.717, 1.165) is 6.42 Å². The van der Waals surface area contributed by atoms with Crippen LogP contribution in [0, 0.1) is 0 Å². The zero-order valence-corrected chi connectivity index (χ0v) is 15.2. The molecule has 0 saturated heterocycles. The van der Waals surface area contributed by atoms with Crippen molar-refractivity contribution in [2.24, 2.45) is 0 Å². The van der Waals surface area contributed by atoms with Crippen molar-refractivity contribution in [2.45, 2.75) is 13.3 Å². The Morgan fingerprint density at radius 3 is 2.76 bits per heavy atom. The van der Waals surface area contributed by atoms with Gasteiger partial charge in [-0.05, 0) is 0 Å². The molecule has 0 radical (unpaired) electrons. The average Bonchev–Trinajstić information content (AvgIpc) is 2.88. The topological polar surface area (TPSA) is 0 Å². The van der Waals surface area contributed by atoms with Gasteiger partial charge in [-0.2, -0.15) is 0 Å². The van der Waals surface area contributed by atoms with Crippen LogP contribution in [0.25, 0.3) is 33.0 Å². The summed E-state index contributed by atoms with van der Waals surface area (Å²) in [6, 6.07) is 13.2. The molecule has 0 nitrogen and oxygen atoms in total. The van der Waals surface area contributed by atoms with E-state index < -0.39 is 0 Å². The van der Waals surface area contributed by atoms with E-state index in [1.54, 1.807) is 0 Å². The van der Waals surface area contributed by atoms with Gasteiger partial charge in [0.2, 0.25) is 0 Å². The van der Waals surface area contributed by atoms with E-state index in [0.29, 0.717) is 0 Å². The zero-order chi connectivity index (χ0) is 14.7. The van der Waals surface area contributed by atoms with Crippen LogP contribution in [0.3, 0.4) is 0 Å². The maximum atomic E-state index is 2.36. The molecule has 21 heavy (non-hydrogen) atoms. The molecule has 0 N–H and O–H groups in total. The number of alkyl halides is 1. The number of fused-ring (bicyclic) bond motifs is 3. The van der Waals surface area contributed by atoms with Crippen LogP contribution in [0.15, 0.2) is 46.6 Å². The fourth-order valence-electron chi connectivity index (χ4n) is 2.56. The summed E-state index contributed by atoms with van der Waals surface area (Å²) in [5, 5.41) is 4.11. The average molecular weight is 405 g/mol. The van der Waals surface area contributed by atoms with E-state index in [9.17, 15) is 0 Å². The molecule has 0 spiro atoms. The van der Waals surface area contributed by atoms with Gasteiger partial charge in [-0.1, -0.05) is 0 Å². The standard InChI is InChI=1S/C19H18IS/c1-3-4-8-16-17(12-13-20-2)21-18-11-10-14-7-5-6-9-15(14)19(16)18/h4-13H,3H2,1-2H3/q-1/b8-4-,13-12+. The Bertz CT molecular complexity index is 824. The third-order valence-electron chi connectivity index (χ3n) is 3.51. The summed E-state index contributed by atoms with van der Waals surface area (Å²) < 4.78 is 3.74. The van der Waals surface area contributed by atoms with E-state index in [1.165, 1.54) is 31.3 Å². The van der Waals surface area contributed by atoms with Crippen molar-refractivity contribution in [2.75, 3.05) is 4.93 Å². The molecule has 0 aliphatic heterocycles. The summed E-state index contributed by atoms with van der Waals surface area (Å²) in [7, 11) is 0. The summed E-state index contributed by atoms with van der Waals surface area (Å²) >= 11 is 2.10. The number of hydrogen-bond acceptors (Lipinski definition) is 1. The maximum absolute atomic E-state index is 2.36. The molecule has 0 saturated carbocycles. The van der Waals surface area contributed by atoms with E-state index in [4.69, 9.17) is 0 Å². The zero-order valence-electron chi connectivity index (χ0n) is 12.3. The summed E-state index contributed by atoms with van der Waals surface area (Å²) in [5.41, 5.74) is 1.39. The van der Waals surface area contributed by atoms with Crippen molar-refractivity contribution in [1.29, 1.82) is 0 Å². The molecule has 0 unspecified atom stereocenters. The Morgan fingerprint density at radius 2 is 1.95 bits per heavy atom. The van der Waals surface area contributed by atoms with Crippen molar-refractivity contribution in [1.82, 2.24) is 0 Å². The first-order chi connectivity index (χ1) is 10.3. The summed E-state index contributed by atoms with van der Waals surface area (Å²) in [6.45, 7) is 2.19. The van der Waals surface area contributed by atoms with Gasteiger partial charge in [-0.25, -0.2) is 0 Å². The van der Waals surface area contributed by atoms with Crippen LogP contribution in [0.2, 0.25) is 0 Å². The van der Waals surface area contributed by atoms with E-state index >= 15 is 0 Å². The third kappa shape index (κ3) is 2.92. The Kier molecular flexibility index (Phi) is 4.76. The number of thiophene rings is 1. The van der Waals surface area contributed by atoms with E-state index in [2.05, 4.69) is 70.6 Å². The van der Waals surface area contributed by atoms with Crippen LogP contribution in [0.4, 0.5) is 0 Å². The minimum atomic E-state index is 0.192. The van der Waals surface area contributed by atoms with Crippen LogP contribution in [0.1, 0.15) is 23.8 Å². The Balaban J connectivity index is 2.35. The van der Waals surface area contributed by atoms with Gasteiger partial charge in [0, 0.05) is 0 Å². The van der Waals surface area contributed by atoms with Crippen LogP contribution >= 0.6 is 11.3 Å². The molecule has 0 aliphatic rings. The van der Waals surface area contributed by atoms with E-state index in [-0.39, 0.29) is 21.2 Å². The van der Waals surface area contributed by atoms with Crippen LogP contribution in [-0.2, 0) is 0 Å². The molecular formula is C19H18IS-. The normalized spacial score (nSPS) is 12.5. The number of benzene rings is 2. The Labute approximate surface area is 140 Å². The summed E-state index contributed by atoms with van der Waals surface area (Å²) in [6.07, 6.45) is 7.97. The van der Waals surface area contributed by atoms with Gasteiger partial charge in [0.25, 0.3) is 0 Å². The second-order valence-corrected chi connectivity index (χ2v) is 7.91. The Hall–Kier alpha value is -1.13. The molecular weight excluding hydrogens is 387 g/mol. The number of rotatable bonds is 4. The summed E-state index contributed by atoms with van der Waals surface area (Å²) in [5.74, 6) is 0. The fraction of sp³-hybridized carbons (Fsp3) is 0.158. The fourth-order valence-corrected chi connectivity index (χ4v) is 4.63. The molecule has 1 heterocycles. The third-order valence-corrected chi connectivity index (χ3v) is 5.72. The van der Waals surface area contributed by atoms with Crippen molar-refractivity contribution in [3.05, 3.63) is 57.0 Å². The van der Waals surface area contributed by atoms with Crippen LogP contribution in [-0.4, -0.2) is 4.93 Å². The van der Waals surface area contributed by atoms with Gasteiger partial charge in [-0.3, -0.25) is 0 Å². The van der Waals surface area contributed by atoms with Gasteiger partial charge in [0.05, 0.1) is 0 Å². The van der Waals surface area contributed by atoms with Gasteiger partial charge in [0.15, 0.2) is 0 Å². The number of allylic oxidation sites excluding steroid dienone is 1. The first-order valence-electron chi connectivity index (χ1n) is 7.10. The molecule has 108 valence electrons. The molecule has 3 aromatic rings. The molecule has 1 aromatic heterocycles. The second-order valence-electron chi connectivity index (χ2n) is 4.86. The summed E-state index contributed by atoms with van der Waals surface area (Å²) in [4.78, 5) is 3.69. The predicted molar refractivity (Wildman–Crippen MR) is 93.6 cm³/mol. The monoisotopic (exact) mass is 405 g/mol. The van der Waals surface area contributed by atoms with Gasteiger partial charge < -0.3 is 0 Å². The second kappa shape index (κ2) is 6.75. The molecule has 2 heteroatoms. The molecule has 3 rings (SSSR count). The number of hydrogen-bond donors (Lipinski definition) is 0. The molecule has 0 atom stereocenters. The molecule has 0 bridgehead atoms. The van der Waals surface area contributed by atoms with Crippen LogP contribution < -0.4 is 21.2 Å². The SMILES string of the molecule is CC/C=C\c1c(/C=C/[I-]C)sc2ccc3ccccc3c12. The number of halogens is 1. The van der Waals surface area contributed by atoms with Gasteiger partial charge in [-0.15, -0.1) is 0 Å². The van der Waals surface area contributed by atoms with Gasteiger partial charge >= 0.3 is 141 Å². The van der Waals surface area contributed by atoms with Crippen molar-refractivity contribution >= 4 is 44.3 Å². The van der Waals surface area contributed by atoms with Crippen molar-refractivity contribution in [3.8, 4) is 0 Å². The molecule has 0 aliphatic carbocycles. The molecule has 0 amide bonds. The van der Waals surface area contributed by atoms with Crippen molar-refractivity contribution in [3.63, 3.8) is 0 Å². The van der Waals surface area contributed by atoms with Crippen molar-refractivity contribution < 1.29 is 21.2 Å².